The number of aryl methyl sites for hydroxylation is 2. The molecule has 0 saturated carbocycles. The summed E-state index contributed by atoms with van der Waals surface area (Å²) >= 11 is 1.27. The van der Waals surface area contributed by atoms with Crippen molar-refractivity contribution < 1.29 is 4.79 Å². The van der Waals surface area contributed by atoms with Crippen molar-refractivity contribution in [2.45, 2.75) is 45.7 Å². The number of carbonyl (C=O) groups is 1. The molecule has 3 heterocycles. The molecule has 1 aliphatic rings. The maximum absolute atomic E-state index is 13.3. The highest BCUT2D eigenvalue weighted by Crippen LogP contribution is 2.29. The number of thiophene rings is 1. The number of nitrogens with zero attached hydrogens (tertiary/aromatic N) is 4. The van der Waals surface area contributed by atoms with E-state index in [1.807, 2.05) is 37.3 Å². The van der Waals surface area contributed by atoms with Crippen molar-refractivity contribution in [3.05, 3.63) is 62.5 Å². The summed E-state index contributed by atoms with van der Waals surface area (Å²) in [4.78, 5) is 33.8. The Bertz CT molecular complexity index is 1160. The third-order valence-corrected chi connectivity index (χ3v) is 6.54. The number of hydrogen-bond donors (Lipinski definition) is 0. The van der Waals surface area contributed by atoms with Crippen LogP contribution in [0.1, 0.15) is 45.9 Å². The van der Waals surface area contributed by atoms with Crippen molar-refractivity contribution in [2.75, 3.05) is 6.54 Å². The number of nitriles is 1. The Morgan fingerprint density at radius 2 is 2.07 bits per heavy atom. The van der Waals surface area contributed by atoms with Crippen LogP contribution in [0.3, 0.4) is 0 Å². The fraction of sp³-hybridized carbons (Fsp3) is 0.364. The average Bonchev–Trinajstić information content (AvgIpc) is 2.89. The van der Waals surface area contributed by atoms with Gasteiger partial charge in [-0.3, -0.25) is 14.2 Å². The summed E-state index contributed by atoms with van der Waals surface area (Å²) < 4.78 is 1.78. The van der Waals surface area contributed by atoms with Gasteiger partial charge in [-0.25, -0.2) is 4.98 Å². The van der Waals surface area contributed by atoms with Gasteiger partial charge in [0.1, 0.15) is 17.2 Å². The number of rotatable bonds is 4. The SMILES string of the molecule is Cc1c(C(=O)N(CC#N)Cc2ccccc2)sc2nc3n(c(=O)c12)CCCCC3. The van der Waals surface area contributed by atoms with Gasteiger partial charge in [0.15, 0.2) is 0 Å². The molecule has 1 amide bonds. The minimum atomic E-state index is -0.226. The average molecular weight is 407 g/mol. The third-order valence-electron chi connectivity index (χ3n) is 5.37. The lowest BCUT2D eigenvalue weighted by Crippen LogP contribution is -2.31. The molecule has 1 aromatic carbocycles. The topological polar surface area (TPSA) is 79.0 Å². The summed E-state index contributed by atoms with van der Waals surface area (Å²) in [5.41, 5.74) is 1.58. The second-order valence-electron chi connectivity index (χ2n) is 7.34. The maximum atomic E-state index is 13.3. The van der Waals surface area contributed by atoms with Crippen molar-refractivity contribution in [3.63, 3.8) is 0 Å². The predicted molar refractivity (Wildman–Crippen MR) is 113 cm³/mol. The molecule has 1 aliphatic heterocycles. The van der Waals surface area contributed by atoms with Crippen LogP contribution in [0.4, 0.5) is 0 Å². The Labute approximate surface area is 173 Å². The maximum Gasteiger partial charge on any atom is 0.265 e. The zero-order valence-electron chi connectivity index (χ0n) is 16.4. The second kappa shape index (κ2) is 8.18. The number of carbonyl (C=O) groups excluding carboxylic acids is 1. The zero-order chi connectivity index (χ0) is 20.4. The molecular formula is C22H22N4O2S. The number of benzene rings is 1. The molecule has 0 atom stereocenters. The number of amides is 1. The van der Waals surface area contributed by atoms with E-state index in [1.165, 1.54) is 16.2 Å². The molecular weight excluding hydrogens is 384 g/mol. The summed E-state index contributed by atoms with van der Waals surface area (Å²) in [6.07, 6.45) is 3.89. The highest BCUT2D eigenvalue weighted by atomic mass is 32.1. The molecule has 0 aliphatic carbocycles. The van der Waals surface area contributed by atoms with Gasteiger partial charge in [-0.2, -0.15) is 5.26 Å². The van der Waals surface area contributed by atoms with E-state index in [2.05, 4.69) is 6.07 Å². The smallest absolute Gasteiger partial charge is 0.265 e. The van der Waals surface area contributed by atoms with E-state index in [1.54, 1.807) is 4.57 Å². The number of hydrogen-bond acceptors (Lipinski definition) is 5. The van der Waals surface area contributed by atoms with E-state index in [9.17, 15) is 14.9 Å². The zero-order valence-corrected chi connectivity index (χ0v) is 17.2. The molecule has 29 heavy (non-hydrogen) atoms. The lowest BCUT2D eigenvalue weighted by Gasteiger charge is -2.19. The predicted octanol–water partition coefficient (Wildman–Crippen LogP) is 3.66. The van der Waals surface area contributed by atoms with Crippen molar-refractivity contribution >= 4 is 27.5 Å². The Balaban J connectivity index is 1.75. The highest BCUT2D eigenvalue weighted by Gasteiger charge is 2.25. The van der Waals surface area contributed by atoms with Gasteiger partial charge in [0.2, 0.25) is 0 Å². The summed E-state index contributed by atoms with van der Waals surface area (Å²) in [5, 5.41) is 9.77. The molecule has 7 heteroatoms. The minimum absolute atomic E-state index is 0.00960. The second-order valence-corrected chi connectivity index (χ2v) is 8.34. The molecule has 6 nitrogen and oxygen atoms in total. The van der Waals surface area contributed by atoms with E-state index in [0.717, 1.165) is 37.1 Å². The molecule has 148 valence electrons. The summed E-state index contributed by atoms with van der Waals surface area (Å²) in [5.74, 6) is 0.592. The molecule has 0 N–H and O–H groups in total. The van der Waals surface area contributed by atoms with Crippen LogP contribution in [0.5, 0.6) is 0 Å². The highest BCUT2D eigenvalue weighted by molar-refractivity contribution is 7.20. The first-order chi connectivity index (χ1) is 14.1. The minimum Gasteiger partial charge on any atom is -0.320 e. The van der Waals surface area contributed by atoms with Crippen LogP contribution in [0, 0.1) is 18.3 Å². The van der Waals surface area contributed by atoms with Crippen molar-refractivity contribution in [3.8, 4) is 6.07 Å². The summed E-state index contributed by atoms with van der Waals surface area (Å²) in [6, 6.07) is 11.7. The molecule has 0 saturated heterocycles. The van der Waals surface area contributed by atoms with Crippen LogP contribution >= 0.6 is 11.3 Å². The van der Waals surface area contributed by atoms with E-state index in [0.29, 0.717) is 33.7 Å². The number of fused-ring (bicyclic) bond motifs is 2. The molecule has 0 bridgehead atoms. The van der Waals surface area contributed by atoms with Crippen LogP contribution in [0.25, 0.3) is 10.2 Å². The lowest BCUT2D eigenvalue weighted by molar-refractivity contribution is 0.0769. The molecule has 0 spiro atoms. The lowest BCUT2D eigenvalue weighted by atomic mass is 10.1. The first-order valence-corrected chi connectivity index (χ1v) is 10.6. The normalized spacial score (nSPS) is 13.5. The van der Waals surface area contributed by atoms with E-state index >= 15 is 0 Å². The van der Waals surface area contributed by atoms with Gasteiger partial charge in [0.25, 0.3) is 11.5 Å². The Morgan fingerprint density at radius 1 is 1.28 bits per heavy atom. The fourth-order valence-electron chi connectivity index (χ4n) is 3.85. The molecule has 2 aromatic heterocycles. The van der Waals surface area contributed by atoms with Crippen molar-refractivity contribution in [1.82, 2.24) is 14.5 Å². The summed E-state index contributed by atoms with van der Waals surface area (Å²) in [7, 11) is 0. The van der Waals surface area contributed by atoms with Gasteiger partial charge in [0.05, 0.1) is 16.3 Å². The third kappa shape index (κ3) is 3.68. The molecule has 4 rings (SSSR count). The summed E-state index contributed by atoms with van der Waals surface area (Å²) in [6.45, 7) is 2.84. The largest absolute Gasteiger partial charge is 0.320 e. The van der Waals surface area contributed by atoms with Gasteiger partial charge in [-0.15, -0.1) is 11.3 Å². The monoisotopic (exact) mass is 406 g/mol. The number of aromatic nitrogens is 2. The Morgan fingerprint density at radius 3 is 2.83 bits per heavy atom. The van der Waals surface area contributed by atoms with Crippen molar-refractivity contribution in [1.29, 1.82) is 5.26 Å². The van der Waals surface area contributed by atoms with E-state index in [-0.39, 0.29) is 18.0 Å². The molecule has 0 unspecified atom stereocenters. The molecule has 0 fully saturated rings. The Hall–Kier alpha value is -2.98. The van der Waals surface area contributed by atoms with E-state index < -0.39 is 0 Å². The molecule has 0 radical (unpaired) electrons. The van der Waals surface area contributed by atoms with Crippen LogP contribution in [-0.2, 0) is 19.5 Å². The van der Waals surface area contributed by atoms with Crippen LogP contribution in [-0.4, -0.2) is 26.9 Å². The first kappa shape index (κ1) is 19.3. The Kier molecular flexibility index (Phi) is 5.45. The standard InChI is InChI=1S/C22H22N4O2S/c1-15-18-20(24-17-10-6-3-7-12-26(17)21(18)27)29-19(15)22(28)25(13-11-23)14-16-8-4-2-5-9-16/h2,4-5,8-9H,3,6-7,10,12-14H2,1H3. The fourth-order valence-corrected chi connectivity index (χ4v) is 5.00. The van der Waals surface area contributed by atoms with Gasteiger partial charge in [-0.1, -0.05) is 36.8 Å². The van der Waals surface area contributed by atoms with E-state index in [4.69, 9.17) is 4.98 Å². The van der Waals surface area contributed by atoms with Crippen LogP contribution in [0.2, 0.25) is 0 Å². The van der Waals surface area contributed by atoms with Gasteiger partial charge < -0.3 is 4.90 Å². The van der Waals surface area contributed by atoms with Gasteiger partial charge in [-0.05, 0) is 30.9 Å². The molecule has 3 aromatic rings. The van der Waals surface area contributed by atoms with Crippen LogP contribution < -0.4 is 5.56 Å². The quantitative estimate of drug-likeness (QED) is 0.620. The van der Waals surface area contributed by atoms with Gasteiger partial charge >= 0.3 is 0 Å². The van der Waals surface area contributed by atoms with Crippen LogP contribution in [0.15, 0.2) is 35.1 Å². The van der Waals surface area contributed by atoms with Gasteiger partial charge in [0, 0.05) is 19.5 Å². The first-order valence-electron chi connectivity index (χ1n) is 9.83. The van der Waals surface area contributed by atoms with Crippen molar-refractivity contribution in [2.24, 2.45) is 0 Å².